The number of benzene rings is 2. The van der Waals surface area contributed by atoms with Gasteiger partial charge in [0.05, 0.1) is 12.6 Å². The second-order valence-electron chi connectivity index (χ2n) is 6.21. The van der Waals surface area contributed by atoms with Crippen molar-refractivity contribution in [3.05, 3.63) is 53.9 Å². The summed E-state index contributed by atoms with van der Waals surface area (Å²) in [6.07, 6.45) is 3.40. The first-order valence-corrected chi connectivity index (χ1v) is 8.44. The van der Waals surface area contributed by atoms with Gasteiger partial charge in [0.25, 0.3) is 0 Å². The van der Waals surface area contributed by atoms with Gasteiger partial charge in [-0.3, -0.25) is 0 Å². The van der Waals surface area contributed by atoms with Crippen molar-refractivity contribution in [2.45, 2.75) is 26.2 Å². The van der Waals surface area contributed by atoms with Gasteiger partial charge in [-0.15, -0.1) is 0 Å². The molecular formula is C20H21N3O. The van der Waals surface area contributed by atoms with Gasteiger partial charge in [-0.05, 0) is 62.1 Å². The number of methoxy groups -OCH3 is 1. The molecule has 0 saturated heterocycles. The summed E-state index contributed by atoms with van der Waals surface area (Å²) in [7, 11) is 1.72. The predicted molar refractivity (Wildman–Crippen MR) is 97.2 cm³/mol. The van der Waals surface area contributed by atoms with E-state index in [1.165, 1.54) is 17.7 Å². The van der Waals surface area contributed by atoms with Crippen molar-refractivity contribution < 1.29 is 4.74 Å². The normalized spacial score (nSPS) is 14.3. The van der Waals surface area contributed by atoms with E-state index in [4.69, 9.17) is 9.72 Å². The molecular weight excluding hydrogens is 298 g/mol. The lowest BCUT2D eigenvalue weighted by Crippen LogP contribution is -2.20. The molecule has 0 bridgehead atoms. The summed E-state index contributed by atoms with van der Waals surface area (Å²) in [6.45, 7) is 2.93. The number of hydrogen-bond acceptors (Lipinski definition) is 4. The van der Waals surface area contributed by atoms with Crippen LogP contribution >= 0.6 is 0 Å². The average Bonchev–Trinajstić information content (AvgIpc) is 2.82. The Balaban J connectivity index is 1.91. The highest BCUT2D eigenvalue weighted by Crippen LogP contribution is 2.36. The highest BCUT2D eigenvalue weighted by molar-refractivity contribution is 5.92. The Kier molecular flexibility index (Phi) is 3.81. The standard InChI is InChI=1S/C20H21N3O/c1-14-21-18-9-4-3-8-17(18)20(22-14)23-12-6-5-7-15-13-16(24-2)10-11-19(15)23/h3-4,8-11,13H,5-7,12H2,1-2H3. The maximum absolute atomic E-state index is 5.41. The van der Waals surface area contributed by atoms with E-state index in [9.17, 15) is 0 Å². The zero-order chi connectivity index (χ0) is 16.5. The van der Waals surface area contributed by atoms with Crippen molar-refractivity contribution in [1.82, 2.24) is 9.97 Å². The van der Waals surface area contributed by atoms with Crippen LogP contribution in [0, 0.1) is 6.92 Å². The van der Waals surface area contributed by atoms with Gasteiger partial charge in [-0.2, -0.15) is 0 Å². The molecule has 1 aliphatic rings. The largest absolute Gasteiger partial charge is 0.497 e. The van der Waals surface area contributed by atoms with Crippen LogP contribution in [0.25, 0.3) is 10.9 Å². The molecule has 2 aromatic carbocycles. The Hall–Kier alpha value is -2.62. The fourth-order valence-corrected chi connectivity index (χ4v) is 3.46. The van der Waals surface area contributed by atoms with Crippen molar-refractivity contribution in [3.63, 3.8) is 0 Å². The Morgan fingerprint density at radius 1 is 1.04 bits per heavy atom. The van der Waals surface area contributed by atoms with Crippen LogP contribution in [0.2, 0.25) is 0 Å². The third-order valence-electron chi connectivity index (χ3n) is 4.61. The number of nitrogens with zero attached hydrogens (tertiary/aromatic N) is 3. The maximum atomic E-state index is 5.41. The fourth-order valence-electron chi connectivity index (χ4n) is 3.46. The number of hydrogen-bond donors (Lipinski definition) is 0. The molecule has 0 fully saturated rings. The van der Waals surface area contributed by atoms with E-state index >= 15 is 0 Å². The van der Waals surface area contributed by atoms with Gasteiger partial charge in [0.1, 0.15) is 17.4 Å². The van der Waals surface area contributed by atoms with E-state index < -0.39 is 0 Å². The molecule has 0 radical (unpaired) electrons. The topological polar surface area (TPSA) is 38.2 Å². The molecule has 122 valence electrons. The van der Waals surface area contributed by atoms with Gasteiger partial charge in [0, 0.05) is 17.6 Å². The lowest BCUT2D eigenvalue weighted by molar-refractivity contribution is 0.414. The molecule has 0 saturated carbocycles. The van der Waals surface area contributed by atoms with Gasteiger partial charge in [-0.25, -0.2) is 9.97 Å². The van der Waals surface area contributed by atoms with Gasteiger partial charge in [0.15, 0.2) is 0 Å². The first kappa shape index (κ1) is 14.9. The molecule has 2 heterocycles. The average molecular weight is 319 g/mol. The summed E-state index contributed by atoms with van der Waals surface area (Å²) in [5.74, 6) is 2.73. The van der Waals surface area contributed by atoms with Crippen LogP contribution in [0.4, 0.5) is 11.5 Å². The van der Waals surface area contributed by atoms with Crippen molar-refractivity contribution in [2.75, 3.05) is 18.6 Å². The second-order valence-corrected chi connectivity index (χ2v) is 6.21. The Labute approximate surface area is 142 Å². The molecule has 1 aliphatic heterocycles. The number of ether oxygens (including phenoxy) is 1. The highest BCUT2D eigenvalue weighted by Gasteiger charge is 2.21. The molecule has 4 nitrogen and oxygen atoms in total. The van der Waals surface area contributed by atoms with Crippen LogP contribution < -0.4 is 9.64 Å². The molecule has 0 amide bonds. The van der Waals surface area contributed by atoms with Gasteiger partial charge in [-0.1, -0.05) is 12.1 Å². The Morgan fingerprint density at radius 3 is 2.79 bits per heavy atom. The Bertz CT molecular complexity index is 891. The number of aryl methyl sites for hydroxylation is 2. The molecule has 0 unspecified atom stereocenters. The van der Waals surface area contributed by atoms with Crippen molar-refractivity contribution in [3.8, 4) is 5.75 Å². The number of rotatable bonds is 2. The minimum Gasteiger partial charge on any atom is -0.497 e. The molecule has 0 aliphatic carbocycles. The second kappa shape index (κ2) is 6.11. The molecule has 0 spiro atoms. The van der Waals surface area contributed by atoms with Gasteiger partial charge < -0.3 is 9.64 Å². The predicted octanol–water partition coefficient (Wildman–Crippen LogP) is 4.42. The third kappa shape index (κ3) is 2.58. The third-order valence-corrected chi connectivity index (χ3v) is 4.61. The van der Waals surface area contributed by atoms with Crippen LogP contribution in [-0.2, 0) is 6.42 Å². The van der Waals surface area contributed by atoms with Crippen molar-refractivity contribution in [1.29, 1.82) is 0 Å². The minimum absolute atomic E-state index is 0.808. The monoisotopic (exact) mass is 319 g/mol. The van der Waals surface area contributed by atoms with Crippen molar-refractivity contribution >= 4 is 22.4 Å². The number of aromatic nitrogens is 2. The highest BCUT2D eigenvalue weighted by atomic mass is 16.5. The molecule has 0 atom stereocenters. The van der Waals surface area contributed by atoms with Crippen LogP contribution in [0.3, 0.4) is 0 Å². The quantitative estimate of drug-likeness (QED) is 0.701. The lowest BCUT2D eigenvalue weighted by atomic mass is 10.1. The summed E-state index contributed by atoms with van der Waals surface area (Å²) >= 11 is 0. The van der Waals surface area contributed by atoms with Crippen LogP contribution in [0.15, 0.2) is 42.5 Å². The number of para-hydroxylation sites is 1. The van der Waals surface area contributed by atoms with Gasteiger partial charge in [0.2, 0.25) is 0 Å². The summed E-state index contributed by atoms with van der Waals surface area (Å²) < 4.78 is 5.41. The summed E-state index contributed by atoms with van der Waals surface area (Å²) in [6, 6.07) is 14.6. The van der Waals surface area contributed by atoms with Crippen LogP contribution in [0.5, 0.6) is 5.75 Å². The van der Waals surface area contributed by atoms with E-state index in [-0.39, 0.29) is 0 Å². The first-order valence-electron chi connectivity index (χ1n) is 8.44. The molecule has 24 heavy (non-hydrogen) atoms. The summed E-state index contributed by atoms with van der Waals surface area (Å²) in [4.78, 5) is 11.7. The molecule has 4 heteroatoms. The smallest absolute Gasteiger partial charge is 0.144 e. The SMILES string of the molecule is COc1ccc2c(c1)CCCCN2c1nc(C)nc2ccccc12. The van der Waals surface area contributed by atoms with E-state index in [0.717, 1.165) is 47.7 Å². The van der Waals surface area contributed by atoms with E-state index in [1.807, 2.05) is 19.1 Å². The maximum Gasteiger partial charge on any atom is 0.144 e. The minimum atomic E-state index is 0.808. The number of fused-ring (bicyclic) bond motifs is 2. The van der Waals surface area contributed by atoms with E-state index in [1.54, 1.807) is 7.11 Å². The fraction of sp³-hybridized carbons (Fsp3) is 0.300. The van der Waals surface area contributed by atoms with Gasteiger partial charge >= 0.3 is 0 Å². The van der Waals surface area contributed by atoms with Crippen molar-refractivity contribution in [2.24, 2.45) is 0 Å². The Morgan fingerprint density at radius 2 is 1.92 bits per heavy atom. The summed E-state index contributed by atoms with van der Waals surface area (Å²) in [5, 5.41) is 1.10. The molecule has 4 rings (SSSR count). The van der Waals surface area contributed by atoms with E-state index in [2.05, 4.69) is 40.2 Å². The first-order chi connectivity index (χ1) is 11.8. The number of anilines is 2. The zero-order valence-corrected chi connectivity index (χ0v) is 14.1. The zero-order valence-electron chi connectivity index (χ0n) is 14.1. The van der Waals surface area contributed by atoms with Crippen LogP contribution in [-0.4, -0.2) is 23.6 Å². The lowest BCUT2D eigenvalue weighted by Gasteiger charge is -2.25. The van der Waals surface area contributed by atoms with E-state index in [0.29, 0.717) is 0 Å². The van der Waals surface area contributed by atoms with Crippen LogP contribution in [0.1, 0.15) is 24.2 Å². The summed E-state index contributed by atoms with van der Waals surface area (Å²) in [5.41, 5.74) is 3.56. The molecule has 1 aromatic heterocycles. The molecule has 0 N–H and O–H groups in total. The molecule has 3 aromatic rings.